The molecule has 3 N–H and O–H groups in total. The van der Waals surface area contributed by atoms with Crippen molar-refractivity contribution in [1.82, 2.24) is 15.4 Å². The highest BCUT2D eigenvalue weighted by molar-refractivity contribution is 7.89. The lowest BCUT2D eigenvalue weighted by Crippen LogP contribution is -2.46. The molecule has 0 radical (unpaired) electrons. The molecule has 7 nitrogen and oxygen atoms in total. The molecule has 152 valence electrons. The minimum absolute atomic E-state index is 0.247. The minimum atomic E-state index is -3.53. The van der Waals surface area contributed by atoms with E-state index in [9.17, 15) is 8.42 Å². The maximum Gasteiger partial charge on any atom is 0.240 e. The van der Waals surface area contributed by atoms with Gasteiger partial charge in [-0.3, -0.25) is 4.99 Å². The van der Waals surface area contributed by atoms with E-state index in [1.54, 1.807) is 25.2 Å². The summed E-state index contributed by atoms with van der Waals surface area (Å²) in [6, 6.07) is 6.91. The molecule has 0 aliphatic heterocycles. The van der Waals surface area contributed by atoms with Crippen LogP contribution in [0.15, 0.2) is 34.2 Å². The van der Waals surface area contributed by atoms with Crippen LogP contribution < -0.4 is 15.4 Å². The van der Waals surface area contributed by atoms with E-state index in [0.29, 0.717) is 18.6 Å². The summed E-state index contributed by atoms with van der Waals surface area (Å²) in [4.78, 5) is 4.52. The monoisotopic (exact) mass is 396 g/mol. The fourth-order valence-corrected chi connectivity index (χ4v) is 4.28. The highest BCUT2D eigenvalue weighted by Gasteiger charge is 2.34. The van der Waals surface area contributed by atoms with Gasteiger partial charge in [-0.25, -0.2) is 13.1 Å². The molecule has 0 amide bonds. The minimum Gasteiger partial charge on any atom is -0.383 e. The van der Waals surface area contributed by atoms with Crippen LogP contribution in [0.3, 0.4) is 0 Å². The van der Waals surface area contributed by atoms with Crippen molar-refractivity contribution in [3.8, 4) is 0 Å². The molecule has 0 heterocycles. The number of sulfonamides is 1. The predicted octanol–water partition coefficient (Wildman–Crippen LogP) is 1.86. The zero-order valence-corrected chi connectivity index (χ0v) is 17.4. The first-order valence-corrected chi connectivity index (χ1v) is 10.9. The van der Waals surface area contributed by atoms with E-state index in [2.05, 4.69) is 27.3 Å². The maximum atomic E-state index is 12.3. The largest absolute Gasteiger partial charge is 0.383 e. The Morgan fingerprint density at radius 1 is 1.30 bits per heavy atom. The lowest BCUT2D eigenvalue weighted by molar-refractivity contribution is 0.131. The van der Waals surface area contributed by atoms with Crippen LogP contribution >= 0.6 is 0 Å². The number of rotatable bonds is 10. The highest BCUT2D eigenvalue weighted by Crippen LogP contribution is 2.42. The van der Waals surface area contributed by atoms with E-state index in [4.69, 9.17) is 4.74 Å². The molecular weight excluding hydrogens is 364 g/mol. The molecule has 8 heteroatoms. The van der Waals surface area contributed by atoms with Crippen molar-refractivity contribution in [2.75, 3.05) is 33.9 Å². The van der Waals surface area contributed by atoms with Crippen molar-refractivity contribution >= 4 is 16.0 Å². The van der Waals surface area contributed by atoms with Gasteiger partial charge in [0.25, 0.3) is 0 Å². The molecule has 2 rings (SSSR count). The van der Waals surface area contributed by atoms with Gasteiger partial charge in [0.2, 0.25) is 10.0 Å². The number of benzene rings is 1. The Hall–Kier alpha value is -1.64. The standard InChI is InChI=1S/C19H32N4O3S/c1-4-19(9-6-10-19)15-22-18(20-2)21-14-16-7-5-8-17(13-16)27(24,25)23-11-12-26-3/h5,7-8,13,23H,4,6,9-12,14-15H2,1-3H3,(H2,20,21,22). The van der Waals surface area contributed by atoms with Crippen molar-refractivity contribution in [1.29, 1.82) is 0 Å². The van der Waals surface area contributed by atoms with Gasteiger partial charge in [-0.2, -0.15) is 0 Å². The summed E-state index contributed by atoms with van der Waals surface area (Å²) in [6.07, 6.45) is 5.02. The van der Waals surface area contributed by atoms with E-state index in [-0.39, 0.29) is 11.4 Å². The lowest BCUT2D eigenvalue weighted by Gasteiger charge is -2.41. The number of ether oxygens (including phenoxy) is 1. The zero-order valence-electron chi connectivity index (χ0n) is 16.5. The van der Waals surface area contributed by atoms with Gasteiger partial charge in [-0.15, -0.1) is 0 Å². The van der Waals surface area contributed by atoms with Gasteiger partial charge in [0, 0.05) is 33.8 Å². The highest BCUT2D eigenvalue weighted by atomic mass is 32.2. The van der Waals surface area contributed by atoms with Crippen molar-refractivity contribution in [3.05, 3.63) is 29.8 Å². The second-order valence-corrected chi connectivity index (χ2v) is 8.79. The second-order valence-electron chi connectivity index (χ2n) is 7.02. The summed E-state index contributed by atoms with van der Waals surface area (Å²) in [7, 11) is -0.250. The molecule has 1 aromatic carbocycles. The molecule has 0 aromatic heterocycles. The molecule has 0 bridgehead atoms. The summed E-state index contributed by atoms with van der Waals surface area (Å²) in [5, 5.41) is 6.67. The van der Waals surface area contributed by atoms with E-state index >= 15 is 0 Å². The van der Waals surface area contributed by atoms with Crippen LogP contribution in [0.2, 0.25) is 0 Å². The normalized spacial score (nSPS) is 16.6. The fourth-order valence-electron chi connectivity index (χ4n) is 3.19. The summed E-state index contributed by atoms with van der Waals surface area (Å²) in [5.74, 6) is 0.737. The van der Waals surface area contributed by atoms with Crippen LogP contribution in [0.1, 0.15) is 38.2 Å². The first kappa shape index (κ1) is 21.7. The Kier molecular flexibility index (Phi) is 8.07. The Morgan fingerprint density at radius 3 is 2.67 bits per heavy atom. The number of nitrogens with zero attached hydrogens (tertiary/aromatic N) is 1. The van der Waals surface area contributed by atoms with Crippen molar-refractivity contribution in [3.63, 3.8) is 0 Å². The molecule has 1 aliphatic rings. The number of nitrogens with one attached hydrogen (secondary N) is 3. The second kappa shape index (κ2) is 10.1. The van der Waals surface area contributed by atoms with Gasteiger partial charge < -0.3 is 15.4 Å². The van der Waals surface area contributed by atoms with Gasteiger partial charge in [0.15, 0.2) is 5.96 Å². The Bertz CT molecular complexity index is 725. The zero-order chi connectivity index (χ0) is 19.8. The van der Waals surface area contributed by atoms with E-state index in [0.717, 1.165) is 18.1 Å². The van der Waals surface area contributed by atoms with E-state index < -0.39 is 10.0 Å². The maximum absolute atomic E-state index is 12.3. The van der Waals surface area contributed by atoms with Crippen molar-refractivity contribution in [2.45, 2.75) is 44.0 Å². The summed E-state index contributed by atoms with van der Waals surface area (Å²) >= 11 is 0. The number of hydrogen-bond acceptors (Lipinski definition) is 4. The quantitative estimate of drug-likeness (QED) is 0.319. The van der Waals surface area contributed by atoms with Crippen LogP contribution in [0, 0.1) is 5.41 Å². The van der Waals surface area contributed by atoms with Crippen molar-refractivity contribution < 1.29 is 13.2 Å². The molecule has 27 heavy (non-hydrogen) atoms. The molecule has 1 aromatic rings. The van der Waals surface area contributed by atoms with Crippen molar-refractivity contribution in [2.24, 2.45) is 10.4 Å². The summed E-state index contributed by atoms with van der Waals surface area (Å²) in [6.45, 7) is 4.24. The Labute approximate surface area is 163 Å². The molecule has 0 unspecified atom stereocenters. The number of methoxy groups -OCH3 is 1. The van der Waals surface area contributed by atoms with Crippen LogP contribution in [0.25, 0.3) is 0 Å². The number of aliphatic imine (C=N–C) groups is 1. The topological polar surface area (TPSA) is 91.8 Å². The van der Waals surface area contributed by atoms with Crippen LogP contribution in [-0.2, 0) is 21.3 Å². The average molecular weight is 397 g/mol. The van der Waals surface area contributed by atoms with Crippen LogP contribution in [0.4, 0.5) is 0 Å². The number of guanidine groups is 1. The molecule has 0 atom stereocenters. The lowest BCUT2D eigenvalue weighted by atomic mass is 9.67. The SMILES string of the molecule is CCC1(CNC(=NC)NCc2cccc(S(=O)(=O)NCCOC)c2)CCC1. The average Bonchev–Trinajstić information content (AvgIpc) is 2.64. The molecule has 1 fully saturated rings. The molecule has 1 saturated carbocycles. The van der Waals surface area contributed by atoms with E-state index in [1.807, 2.05) is 6.07 Å². The van der Waals surface area contributed by atoms with Gasteiger partial charge >= 0.3 is 0 Å². The first-order valence-electron chi connectivity index (χ1n) is 9.47. The van der Waals surface area contributed by atoms with Gasteiger partial charge in [0.05, 0.1) is 11.5 Å². The third kappa shape index (κ3) is 6.19. The molecular formula is C19H32N4O3S. The van der Waals surface area contributed by atoms with Crippen LogP contribution in [-0.4, -0.2) is 48.2 Å². The van der Waals surface area contributed by atoms with Gasteiger partial charge in [-0.1, -0.05) is 25.5 Å². The third-order valence-electron chi connectivity index (χ3n) is 5.29. The summed E-state index contributed by atoms with van der Waals surface area (Å²) < 4.78 is 32.0. The van der Waals surface area contributed by atoms with Gasteiger partial charge in [-0.05, 0) is 42.4 Å². The smallest absolute Gasteiger partial charge is 0.240 e. The molecule has 0 spiro atoms. The van der Waals surface area contributed by atoms with Crippen LogP contribution in [0.5, 0.6) is 0 Å². The Morgan fingerprint density at radius 2 is 2.07 bits per heavy atom. The predicted molar refractivity (Wildman–Crippen MR) is 108 cm³/mol. The molecule has 0 saturated heterocycles. The van der Waals surface area contributed by atoms with E-state index in [1.165, 1.54) is 32.8 Å². The Balaban J connectivity index is 1.91. The number of hydrogen-bond donors (Lipinski definition) is 3. The first-order chi connectivity index (χ1) is 12.9. The fraction of sp³-hybridized carbons (Fsp3) is 0.632. The van der Waals surface area contributed by atoms with Gasteiger partial charge in [0.1, 0.15) is 0 Å². The third-order valence-corrected chi connectivity index (χ3v) is 6.74. The molecule has 1 aliphatic carbocycles. The summed E-state index contributed by atoms with van der Waals surface area (Å²) in [5.41, 5.74) is 1.28.